The van der Waals surface area contributed by atoms with Gasteiger partial charge in [0.1, 0.15) is 11.3 Å². The lowest BCUT2D eigenvalue weighted by atomic mass is 10.3. The van der Waals surface area contributed by atoms with E-state index >= 15 is 0 Å². The maximum absolute atomic E-state index is 11.6. The lowest BCUT2D eigenvalue weighted by Crippen LogP contribution is -2.28. The van der Waals surface area contributed by atoms with E-state index in [9.17, 15) is 9.59 Å². The van der Waals surface area contributed by atoms with Crippen LogP contribution in [0.25, 0.3) is 11.2 Å². The lowest BCUT2D eigenvalue weighted by molar-refractivity contribution is 0.145. The first kappa shape index (κ1) is 12.6. The number of H-pyrrole nitrogens is 2. The van der Waals surface area contributed by atoms with Crippen molar-refractivity contribution >= 4 is 11.2 Å². The van der Waals surface area contributed by atoms with Gasteiger partial charge in [0, 0.05) is 26.7 Å². The summed E-state index contributed by atoms with van der Waals surface area (Å²) in [5.74, 6) is 0.691. The van der Waals surface area contributed by atoms with E-state index in [1.54, 1.807) is 7.05 Å². The molecular weight excluding hydrogens is 236 g/mol. The Morgan fingerprint density at radius 1 is 1.33 bits per heavy atom. The Morgan fingerprint density at radius 2 is 2.11 bits per heavy atom. The quantitative estimate of drug-likeness (QED) is 0.728. The highest BCUT2D eigenvalue weighted by Crippen LogP contribution is 2.05. The van der Waals surface area contributed by atoms with Crippen LogP contribution in [0.15, 0.2) is 9.59 Å². The summed E-state index contributed by atoms with van der Waals surface area (Å²) in [7, 11) is 1.57. The fraction of sp³-hybridized carbons (Fsp3) is 0.545. The number of aromatic amines is 2. The summed E-state index contributed by atoms with van der Waals surface area (Å²) >= 11 is 0. The zero-order valence-corrected chi connectivity index (χ0v) is 10.4. The van der Waals surface area contributed by atoms with Gasteiger partial charge in [-0.15, -0.1) is 0 Å². The standard InChI is InChI=1S/C11H16N4O3/c1-3-18-6-4-5-7-12-8-9(13-7)15(2)11(17)14-10(8)16/h3-6H2,1-2H3,(H,12,13)(H,14,16,17). The van der Waals surface area contributed by atoms with Gasteiger partial charge in [0.2, 0.25) is 0 Å². The molecule has 0 atom stereocenters. The molecule has 2 aromatic rings. The third-order valence-corrected chi connectivity index (χ3v) is 2.71. The van der Waals surface area contributed by atoms with Crippen LogP contribution in [0.5, 0.6) is 0 Å². The number of ether oxygens (including phenoxy) is 1. The molecule has 7 heteroatoms. The minimum atomic E-state index is -0.458. The molecule has 0 saturated heterocycles. The second kappa shape index (κ2) is 5.18. The van der Waals surface area contributed by atoms with Crippen molar-refractivity contribution in [1.29, 1.82) is 0 Å². The minimum absolute atomic E-state index is 0.337. The van der Waals surface area contributed by atoms with Crippen LogP contribution >= 0.6 is 0 Å². The van der Waals surface area contributed by atoms with Crippen LogP contribution in [0.4, 0.5) is 0 Å². The predicted octanol–water partition coefficient (Wildman–Crippen LogP) is -0.0810. The average molecular weight is 252 g/mol. The second-order valence-electron chi connectivity index (χ2n) is 4.00. The predicted molar refractivity (Wildman–Crippen MR) is 66.8 cm³/mol. The Labute approximate surface area is 103 Å². The van der Waals surface area contributed by atoms with Gasteiger partial charge in [-0.3, -0.25) is 14.3 Å². The molecule has 0 aliphatic heterocycles. The van der Waals surface area contributed by atoms with Crippen molar-refractivity contribution in [1.82, 2.24) is 19.5 Å². The van der Waals surface area contributed by atoms with Gasteiger partial charge >= 0.3 is 5.69 Å². The minimum Gasteiger partial charge on any atom is -0.382 e. The summed E-state index contributed by atoms with van der Waals surface area (Å²) in [6.07, 6.45) is 1.50. The summed E-state index contributed by atoms with van der Waals surface area (Å²) in [6, 6.07) is 0. The molecule has 0 saturated carbocycles. The molecule has 0 spiro atoms. The molecule has 2 heterocycles. The fourth-order valence-electron chi connectivity index (χ4n) is 1.76. The molecular formula is C11H16N4O3. The molecule has 0 unspecified atom stereocenters. The normalized spacial score (nSPS) is 11.2. The fourth-order valence-corrected chi connectivity index (χ4v) is 1.76. The van der Waals surface area contributed by atoms with Crippen molar-refractivity contribution in [3.63, 3.8) is 0 Å². The van der Waals surface area contributed by atoms with Gasteiger partial charge < -0.3 is 9.72 Å². The maximum atomic E-state index is 11.6. The van der Waals surface area contributed by atoms with Crippen molar-refractivity contribution in [3.05, 3.63) is 26.7 Å². The highest BCUT2D eigenvalue weighted by Gasteiger charge is 2.10. The van der Waals surface area contributed by atoms with E-state index in [0.717, 1.165) is 6.42 Å². The molecule has 0 bridgehead atoms. The molecule has 0 amide bonds. The smallest absolute Gasteiger partial charge is 0.329 e. The van der Waals surface area contributed by atoms with E-state index < -0.39 is 11.2 Å². The first-order chi connectivity index (χ1) is 8.63. The third kappa shape index (κ3) is 2.35. The Hall–Kier alpha value is -1.89. The Balaban J connectivity index is 2.27. The number of nitrogens with zero attached hydrogens (tertiary/aromatic N) is 2. The molecule has 2 N–H and O–H groups in total. The van der Waals surface area contributed by atoms with Gasteiger partial charge in [-0.1, -0.05) is 0 Å². The average Bonchev–Trinajstić information content (AvgIpc) is 2.77. The third-order valence-electron chi connectivity index (χ3n) is 2.71. The van der Waals surface area contributed by atoms with Crippen LogP contribution in [0.1, 0.15) is 19.2 Å². The molecule has 7 nitrogen and oxygen atoms in total. The van der Waals surface area contributed by atoms with E-state index in [-0.39, 0.29) is 0 Å². The van der Waals surface area contributed by atoms with Crippen molar-refractivity contribution in [2.75, 3.05) is 13.2 Å². The first-order valence-corrected chi connectivity index (χ1v) is 5.89. The summed E-state index contributed by atoms with van der Waals surface area (Å²) in [4.78, 5) is 32.4. The Kier molecular flexibility index (Phi) is 3.61. The van der Waals surface area contributed by atoms with Crippen LogP contribution < -0.4 is 11.2 Å². The van der Waals surface area contributed by atoms with Gasteiger partial charge in [0.25, 0.3) is 5.56 Å². The van der Waals surface area contributed by atoms with Gasteiger partial charge in [0.15, 0.2) is 5.65 Å². The Morgan fingerprint density at radius 3 is 2.83 bits per heavy atom. The van der Waals surface area contributed by atoms with E-state index in [4.69, 9.17) is 4.74 Å². The van der Waals surface area contributed by atoms with E-state index in [0.29, 0.717) is 36.6 Å². The van der Waals surface area contributed by atoms with Gasteiger partial charge in [-0.05, 0) is 13.3 Å². The molecule has 0 aliphatic carbocycles. The highest BCUT2D eigenvalue weighted by atomic mass is 16.5. The summed E-state index contributed by atoms with van der Waals surface area (Å²) in [5, 5.41) is 0. The summed E-state index contributed by atoms with van der Waals surface area (Å²) < 4.78 is 6.55. The number of fused-ring (bicyclic) bond motifs is 1. The number of hydrogen-bond acceptors (Lipinski definition) is 4. The lowest BCUT2D eigenvalue weighted by Gasteiger charge is -1.98. The number of imidazole rings is 1. The van der Waals surface area contributed by atoms with Crippen molar-refractivity contribution < 1.29 is 4.74 Å². The number of nitrogens with one attached hydrogen (secondary N) is 2. The molecule has 0 aromatic carbocycles. The number of hydrogen-bond donors (Lipinski definition) is 2. The topological polar surface area (TPSA) is 92.8 Å². The van der Waals surface area contributed by atoms with Crippen LogP contribution in [-0.4, -0.2) is 32.7 Å². The van der Waals surface area contributed by atoms with Gasteiger partial charge in [0.05, 0.1) is 0 Å². The maximum Gasteiger partial charge on any atom is 0.329 e. The first-order valence-electron chi connectivity index (χ1n) is 5.89. The molecule has 0 fully saturated rings. The molecule has 0 aliphatic rings. The second-order valence-corrected chi connectivity index (χ2v) is 4.00. The van der Waals surface area contributed by atoms with E-state index in [2.05, 4.69) is 15.0 Å². The number of aromatic nitrogens is 4. The van der Waals surface area contributed by atoms with Crippen molar-refractivity contribution in [2.24, 2.45) is 7.05 Å². The van der Waals surface area contributed by atoms with E-state index in [1.807, 2.05) is 6.92 Å². The van der Waals surface area contributed by atoms with Gasteiger partial charge in [-0.2, -0.15) is 0 Å². The number of aryl methyl sites for hydroxylation is 2. The Bertz CT molecular complexity index is 652. The molecule has 18 heavy (non-hydrogen) atoms. The van der Waals surface area contributed by atoms with Crippen LogP contribution in [-0.2, 0) is 18.2 Å². The zero-order chi connectivity index (χ0) is 13.1. The van der Waals surface area contributed by atoms with Crippen molar-refractivity contribution in [2.45, 2.75) is 19.8 Å². The van der Waals surface area contributed by atoms with Crippen LogP contribution in [0.3, 0.4) is 0 Å². The SMILES string of the molecule is CCOCCCc1nc2c([nH]1)c(=O)[nH]c(=O)n2C. The monoisotopic (exact) mass is 252 g/mol. The van der Waals surface area contributed by atoms with Gasteiger partial charge in [-0.25, -0.2) is 9.78 Å². The van der Waals surface area contributed by atoms with E-state index in [1.165, 1.54) is 4.57 Å². The molecule has 0 radical (unpaired) electrons. The van der Waals surface area contributed by atoms with Crippen LogP contribution in [0, 0.1) is 0 Å². The summed E-state index contributed by atoms with van der Waals surface area (Å²) in [6.45, 7) is 3.29. The zero-order valence-electron chi connectivity index (χ0n) is 10.4. The van der Waals surface area contributed by atoms with Crippen LogP contribution in [0.2, 0.25) is 0 Å². The highest BCUT2D eigenvalue weighted by molar-refractivity contribution is 5.69. The largest absolute Gasteiger partial charge is 0.382 e. The molecule has 2 rings (SSSR count). The number of rotatable bonds is 5. The summed E-state index contributed by atoms with van der Waals surface area (Å²) in [5.41, 5.74) is -0.171. The molecule has 2 aromatic heterocycles. The molecule has 98 valence electrons. The van der Waals surface area contributed by atoms with Crippen molar-refractivity contribution in [3.8, 4) is 0 Å².